The first-order chi connectivity index (χ1) is 5.79. The maximum Gasteiger partial charge on any atom is 0.0622 e. The van der Waals surface area contributed by atoms with Crippen LogP contribution in [0, 0.1) is 5.92 Å². The molecule has 1 aliphatic carbocycles. The number of aromatic nitrogens is 2. The van der Waals surface area contributed by atoms with Crippen molar-refractivity contribution in [2.75, 3.05) is 0 Å². The average molecular weight is 164 g/mol. The highest BCUT2D eigenvalue weighted by Crippen LogP contribution is 2.40. The Morgan fingerprint density at radius 3 is 2.83 bits per heavy atom. The summed E-state index contributed by atoms with van der Waals surface area (Å²) >= 11 is 0. The molecule has 0 bridgehead atoms. The van der Waals surface area contributed by atoms with E-state index < -0.39 is 0 Å². The van der Waals surface area contributed by atoms with Crippen LogP contribution in [-0.4, -0.2) is 21.2 Å². The van der Waals surface area contributed by atoms with Gasteiger partial charge in [0.2, 0.25) is 0 Å². The Morgan fingerprint density at radius 2 is 2.33 bits per heavy atom. The molecule has 0 aromatic carbocycles. The molecule has 0 amide bonds. The first kappa shape index (κ1) is 7.68. The van der Waals surface area contributed by atoms with E-state index in [9.17, 15) is 5.11 Å². The lowest BCUT2D eigenvalue weighted by Gasteiger charge is -2.38. The number of aliphatic hydroxyl groups is 1. The van der Waals surface area contributed by atoms with Gasteiger partial charge in [-0.05, 0) is 12.3 Å². The lowest BCUT2D eigenvalue weighted by molar-refractivity contribution is 0.0101. The highest BCUT2D eigenvalue weighted by atomic mass is 16.3. The molecule has 1 aliphatic rings. The first-order valence-corrected chi connectivity index (χ1v) is 4.23. The monoisotopic (exact) mass is 164 g/mol. The van der Waals surface area contributed by atoms with E-state index in [0.717, 1.165) is 12.1 Å². The summed E-state index contributed by atoms with van der Waals surface area (Å²) in [4.78, 5) is 8.21. The molecule has 0 aliphatic heterocycles. The summed E-state index contributed by atoms with van der Waals surface area (Å²) in [5, 5.41) is 9.30. The lowest BCUT2D eigenvalue weighted by Crippen LogP contribution is -2.37. The van der Waals surface area contributed by atoms with Gasteiger partial charge in [-0.3, -0.25) is 9.97 Å². The Kier molecular flexibility index (Phi) is 1.81. The van der Waals surface area contributed by atoms with Gasteiger partial charge >= 0.3 is 0 Å². The van der Waals surface area contributed by atoms with Crippen molar-refractivity contribution in [2.24, 2.45) is 5.92 Å². The van der Waals surface area contributed by atoms with Gasteiger partial charge in [0, 0.05) is 24.5 Å². The van der Waals surface area contributed by atoms with Crippen molar-refractivity contribution in [2.45, 2.75) is 25.4 Å². The van der Waals surface area contributed by atoms with Crippen molar-refractivity contribution in [1.82, 2.24) is 9.97 Å². The van der Waals surface area contributed by atoms with Gasteiger partial charge in [0.25, 0.3) is 0 Å². The van der Waals surface area contributed by atoms with Crippen molar-refractivity contribution in [3.63, 3.8) is 0 Å². The molecule has 1 N–H and O–H groups in total. The summed E-state index contributed by atoms with van der Waals surface area (Å²) in [5.74, 6) is 0.746. The normalized spacial score (nSPS) is 34.3. The van der Waals surface area contributed by atoms with E-state index >= 15 is 0 Å². The first-order valence-electron chi connectivity index (χ1n) is 4.23. The molecule has 1 aromatic rings. The van der Waals surface area contributed by atoms with E-state index in [-0.39, 0.29) is 6.10 Å². The molecule has 12 heavy (non-hydrogen) atoms. The fourth-order valence-corrected chi connectivity index (χ4v) is 1.65. The van der Waals surface area contributed by atoms with Crippen LogP contribution in [0.4, 0.5) is 0 Å². The van der Waals surface area contributed by atoms with E-state index in [4.69, 9.17) is 0 Å². The summed E-state index contributed by atoms with van der Waals surface area (Å²) in [6.07, 6.45) is 5.85. The zero-order valence-corrected chi connectivity index (χ0v) is 7.01. The maximum atomic E-state index is 9.30. The highest BCUT2D eigenvalue weighted by Gasteiger charge is 2.38. The van der Waals surface area contributed by atoms with Crippen molar-refractivity contribution >= 4 is 0 Å². The van der Waals surface area contributed by atoms with E-state index in [1.54, 1.807) is 18.6 Å². The van der Waals surface area contributed by atoms with E-state index in [2.05, 4.69) is 9.97 Å². The third kappa shape index (κ3) is 1.10. The number of hydrogen-bond donors (Lipinski definition) is 1. The molecule has 0 radical (unpaired) electrons. The van der Waals surface area contributed by atoms with Crippen LogP contribution in [-0.2, 0) is 0 Å². The van der Waals surface area contributed by atoms with Crippen LogP contribution in [0.25, 0.3) is 0 Å². The molecule has 1 aromatic heterocycles. The summed E-state index contributed by atoms with van der Waals surface area (Å²) < 4.78 is 0. The topological polar surface area (TPSA) is 46.0 Å². The molecule has 3 nitrogen and oxygen atoms in total. The lowest BCUT2D eigenvalue weighted by atomic mass is 9.71. The molecule has 64 valence electrons. The maximum absolute atomic E-state index is 9.30. The van der Waals surface area contributed by atoms with Crippen LogP contribution in [0.3, 0.4) is 0 Å². The molecular formula is C9H12N2O. The number of aliphatic hydroxyl groups excluding tert-OH is 1. The Hall–Kier alpha value is -0.960. The number of hydrogen-bond acceptors (Lipinski definition) is 3. The van der Waals surface area contributed by atoms with E-state index in [1.165, 1.54) is 0 Å². The Morgan fingerprint density at radius 1 is 1.50 bits per heavy atom. The van der Waals surface area contributed by atoms with Crippen LogP contribution in [0.15, 0.2) is 18.6 Å². The molecule has 3 heteroatoms. The minimum absolute atomic E-state index is 0.142. The minimum Gasteiger partial charge on any atom is -0.393 e. The molecule has 1 saturated carbocycles. The Bertz CT molecular complexity index is 262. The third-order valence-corrected chi connectivity index (χ3v) is 2.70. The Balaban J connectivity index is 2.13. The third-order valence-electron chi connectivity index (χ3n) is 2.70. The van der Waals surface area contributed by atoms with Gasteiger partial charge in [-0.2, -0.15) is 0 Å². The second-order valence-electron chi connectivity index (χ2n) is 3.40. The molecule has 3 atom stereocenters. The smallest absolute Gasteiger partial charge is 0.0622 e. The SMILES string of the molecule is CC1C(O)CC1c1cnccn1. The quantitative estimate of drug-likeness (QED) is 0.672. The van der Waals surface area contributed by atoms with Crippen molar-refractivity contribution in [3.8, 4) is 0 Å². The second kappa shape index (κ2) is 2.83. The van der Waals surface area contributed by atoms with Crippen LogP contribution in [0.5, 0.6) is 0 Å². The van der Waals surface area contributed by atoms with Crippen molar-refractivity contribution in [3.05, 3.63) is 24.3 Å². The standard InChI is InChI=1S/C9H12N2O/c1-6-7(4-9(6)12)8-5-10-2-3-11-8/h2-3,5-7,9,12H,4H2,1H3. The summed E-state index contributed by atoms with van der Waals surface area (Å²) in [6.45, 7) is 2.05. The van der Waals surface area contributed by atoms with Gasteiger partial charge in [0.15, 0.2) is 0 Å². The van der Waals surface area contributed by atoms with Gasteiger partial charge in [0.05, 0.1) is 11.8 Å². The van der Waals surface area contributed by atoms with Crippen LogP contribution < -0.4 is 0 Å². The molecular weight excluding hydrogens is 152 g/mol. The molecule has 0 saturated heterocycles. The van der Waals surface area contributed by atoms with Gasteiger partial charge < -0.3 is 5.11 Å². The molecule has 3 unspecified atom stereocenters. The van der Waals surface area contributed by atoms with Gasteiger partial charge in [-0.15, -0.1) is 0 Å². The molecule has 2 rings (SSSR count). The largest absolute Gasteiger partial charge is 0.393 e. The van der Waals surface area contributed by atoms with Gasteiger partial charge in [-0.1, -0.05) is 6.92 Å². The van der Waals surface area contributed by atoms with Crippen LogP contribution in [0.1, 0.15) is 25.0 Å². The summed E-state index contributed by atoms with van der Waals surface area (Å²) in [7, 11) is 0. The van der Waals surface area contributed by atoms with Crippen molar-refractivity contribution < 1.29 is 5.11 Å². The summed E-state index contributed by atoms with van der Waals surface area (Å²) in [6, 6.07) is 0. The highest BCUT2D eigenvalue weighted by molar-refractivity contribution is 5.11. The van der Waals surface area contributed by atoms with E-state index in [1.807, 2.05) is 6.92 Å². The predicted octanol–water partition coefficient (Wildman–Crippen LogP) is 0.961. The predicted molar refractivity (Wildman–Crippen MR) is 44.6 cm³/mol. The average Bonchev–Trinajstić information content (AvgIpc) is 2.15. The number of nitrogens with zero attached hydrogens (tertiary/aromatic N) is 2. The molecule has 1 heterocycles. The zero-order chi connectivity index (χ0) is 8.55. The van der Waals surface area contributed by atoms with E-state index in [0.29, 0.717) is 11.8 Å². The van der Waals surface area contributed by atoms with Gasteiger partial charge in [0.1, 0.15) is 0 Å². The van der Waals surface area contributed by atoms with Gasteiger partial charge in [-0.25, -0.2) is 0 Å². The fourth-order valence-electron chi connectivity index (χ4n) is 1.65. The van der Waals surface area contributed by atoms with Crippen molar-refractivity contribution in [1.29, 1.82) is 0 Å². The zero-order valence-electron chi connectivity index (χ0n) is 7.01. The Labute approximate surface area is 71.5 Å². The minimum atomic E-state index is -0.142. The fraction of sp³-hybridized carbons (Fsp3) is 0.556. The molecule has 0 spiro atoms. The molecule has 1 fully saturated rings. The number of rotatable bonds is 1. The second-order valence-corrected chi connectivity index (χ2v) is 3.40. The summed E-state index contributed by atoms with van der Waals surface area (Å²) in [5.41, 5.74) is 1.01. The van der Waals surface area contributed by atoms with Crippen LogP contribution >= 0.6 is 0 Å². The van der Waals surface area contributed by atoms with Crippen LogP contribution in [0.2, 0.25) is 0 Å².